The SMILES string of the molecule is CCC1(CC)CC(NC(=O)CN(c2ccc(F)cc2F)S(C)(=O)=O)c2ccccc2O1. The Morgan fingerprint density at radius 2 is 1.87 bits per heavy atom. The van der Waals surface area contributed by atoms with Gasteiger partial charge in [-0.15, -0.1) is 0 Å². The number of sulfonamides is 1. The summed E-state index contributed by atoms with van der Waals surface area (Å²) in [4.78, 5) is 12.9. The van der Waals surface area contributed by atoms with Gasteiger partial charge in [-0.05, 0) is 31.0 Å². The minimum Gasteiger partial charge on any atom is -0.487 e. The second-order valence-electron chi connectivity index (χ2n) is 7.72. The standard InChI is InChI=1S/C22H26F2N2O4S/c1-4-22(5-2)13-18(16-8-6-7-9-20(16)30-22)25-21(27)14-26(31(3,28)29)19-11-10-15(23)12-17(19)24/h6-12,18H,4-5,13-14H2,1-3H3,(H,25,27). The molecule has 1 amide bonds. The third kappa shape index (κ3) is 4.98. The molecule has 1 unspecified atom stereocenters. The molecule has 0 saturated heterocycles. The molecule has 0 aliphatic carbocycles. The van der Waals surface area contributed by atoms with Gasteiger partial charge in [0.1, 0.15) is 29.5 Å². The summed E-state index contributed by atoms with van der Waals surface area (Å²) in [6.07, 6.45) is 2.86. The summed E-state index contributed by atoms with van der Waals surface area (Å²) in [6.45, 7) is 3.39. The van der Waals surface area contributed by atoms with Crippen LogP contribution in [0.4, 0.5) is 14.5 Å². The molecular formula is C22H26F2N2O4S. The summed E-state index contributed by atoms with van der Waals surface area (Å²) in [5.41, 5.74) is -0.0403. The first kappa shape index (κ1) is 23.0. The summed E-state index contributed by atoms with van der Waals surface area (Å²) in [6, 6.07) is 9.51. The van der Waals surface area contributed by atoms with E-state index in [0.717, 1.165) is 36.8 Å². The Morgan fingerprint density at radius 1 is 1.19 bits per heavy atom. The number of carbonyl (C=O) groups is 1. The van der Waals surface area contributed by atoms with Gasteiger partial charge in [0.25, 0.3) is 0 Å². The highest BCUT2D eigenvalue weighted by molar-refractivity contribution is 7.92. The molecule has 6 nitrogen and oxygen atoms in total. The van der Waals surface area contributed by atoms with Crippen molar-refractivity contribution in [3.8, 4) is 5.75 Å². The molecule has 0 aromatic heterocycles. The normalized spacial score (nSPS) is 17.4. The van der Waals surface area contributed by atoms with E-state index in [9.17, 15) is 22.0 Å². The Labute approximate surface area is 181 Å². The Morgan fingerprint density at radius 3 is 2.48 bits per heavy atom. The maximum atomic E-state index is 14.2. The lowest BCUT2D eigenvalue weighted by molar-refractivity contribution is -0.121. The van der Waals surface area contributed by atoms with Crippen LogP contribution in [0.1, 0.15) is 44.7 Å². The largest absolute Gasteiger partial charge is 0.487 e. The molecule has 0 fully saturated rings. The number of ether oxygens (including phenoxy) is 1. The molecule has 1 atom stereocenters. The summed E-state index contributed by atoms with van der Waals surface area (Å²) < 4.78 is 58.9. The number of benzene rings is 2. The average Bonchev–Trinajstić information content (AvgIpc) is 2.71. The van der Waals surface area contributed by atoms with E-state index in [-0.39, 0.29) is 5.69 Å². The first-order chi connectivity index (χ1) is 14.6. The van der Waals surface area contributed by atoms with Crippen molar-refractivity contribution >= 4 is 21.6 Å². The smallest absolute Gasteiger partial charge is 0.241 e. The third-order valence-electron chi connectivity index (χ3n) is 5.69. The molecule has 0 spiro atoms. The van der Waals surface area contributed by atoms with Crippen LogP contribution in [0.25, 0.3) is 0 Å². The molecule has 0 bridgehead atoms. The van der Waals surface area contributed by atoms with Crippen molar-refractivity contribution in [3.05, 3.63) is 59.7 Å². The quantitative estimate of drug-likeness (QED) is 0.691. The van der Waals surface area contributed by atoms with Crippen LogP contribution in [-0.4, -0.2) is 32.7 Å². The number of hydrogen-bond donors (Lipinski definition) is 1. The van der Waals surface area contributed by atoms with Gasteiger partial charge in [0.15, 0.2) is 0 Å². The zero-order valence-electron chi connectivity index (χ0n) is 17.7. The number of amides is 1. The van der Waals surface area contributed by atoms with E-state index >= 15 is 0 Å². The lowest BCUT2D eigenvalue weighted by Gasteiger charge is -2.41. The van der Waals surface area contributed by atoms with Gasteiger partial charge in [-0.25, -0.2) is 17.2 Å². The van der Waals surface area contributed by atoms with Gasteiger partial charge >= 0.3 is 0 Å². The number of rotatable bonds is 7. The lowest BCUT2D eigenvalue weighted by Crippen LogP contribution is -2.47. The summed E-state index contributed by atoms with van der Waals surface area (Å²) in [7, 11) is -4.00. The molecule has 9 heteroatoms. The molecule has 0 radical (unpaired) electrons. The Bertz CT molecular complexity index is 1070. The highest BCUT2D eigenvalue weighted by Crippen LogP contribution is 2.42. The summed E-state index contributed by atoms with van der Waals surface area (Å²) in [5, 5.41) is 2.88. The van der Waals surface area contributed by atoms with Crippen LogP contribution in [0.15, 0.2) is 42.5 Å². The second kappa shape index (κ2) is 8.82. The van der Waals surface area contributed by atoms with E-state index in [1.807, 2.05) is 38.1 Å². The first-order valence-corrected chi connectivity index (χ1v) is 11.9. The van der Waals surface area contributed by atoms with Gasteiger partial charge in [0.05, 0.1) is 18.0 Å². The fourth-order valence-corrected chi connectivity index (χ4v) is 4.72. The van der Waals surface area contributed by atoms with Gasteiger partial charge < -0.3 is 10.1 Å². The number of halogens is 2. The van der Waals surface area contributed by atoms with Crippen molar-refractivity contribution < 1.29 is 26.7 Å². The number of nitrogens with one attached hydrogen (secondary N) is 1. The van der Waals surface area contributed by atoms with Crippen LogP contribution in [0.2, 0.25) is 0 Å². The zero-order chi connectivity index (χ0) is 22.8. The van der Waals surface area contributed by atoms with Crippen LogP contribution < -0.4 is 14.4 Å². The van der Waals surface area contributed by atoms with Crippen molar-refractivity contribution in [2.45, 2.75) is 44.8 Å². The van der Waals surface area contributed by atoms with Crippen molar-refractivity contribution in [1.82, 2.24) is 5.32 Å². The van der Waals surface area contributed by atoms with Crippen molar-refractivity contribution in [1.29, 1.82) is 0 Å². The van der Waals surface area contributed by atoms with Crippen molar-refractivity contribution in [2.24, 2.45) is 0 Å². The van der Waals surface area contributed by atoms with E-state index < -0.39 is 45.8 Å². The average molecular weight is 453 g/mol. The molecule has 1 N–H and O–H groups in total. The number of carbonyl (C=O) groups excluding carboxylic acids is 1. The molecule has 1 aliphatic heterocycles. The van der Waals surface area contributed by atoms with Crippen LogP contribution >= 0.6 is 0 Å². The molecule has 168 valence electrons. The third-order valence-corrected chi connectivity index (χ3v) is 6.81. The maximum absolute atomic E-state index is 14.2. The van der Waals surface area contributed by atoms with E-state index in [2.05, 4.69) is 5.32 Å². The number of para-hydroxylation sites is 1. The summed E-state index contributed by atoms with van der Waals surface area (Å²) in [5.74, 6) is -1.83. The van der Waals surface area contributed by atoms with Gasteiger partial charge in [-0.3, -0.25) is 9.10 Å². The molecule has 2 aromatic rings. The highest BCUT2D eigenvalue weighted by atomic mass is 32.2. The van der Waals surface area contributed by atoms with Gasteiger partial charge in [-0.1, -0.05) is 32.0 Å². The molecule has 1 heterocycles. The molecule has 0 saturated carbocycles. The number of nitrogens with zero attached hydrogens (tertiary/aromatic N) is 1. The molecule has 1 aliphatic rings. The Kier molecular flexibility index (Phi) is 6.54. The lowest BCUT2D eigenvalue weighted by atomic mass is 9.83. The minimum atomic E-state index is -4.00. The van der Waals surface area contributed by atoms with Crippen LogP contribution in [0, 0.1) is 11.6 Å². The molecule has 3 rings (SSSR count). The van der Waals surface area contributed by atoms with E-state index in [0.29, 0.717) is 22.5 Å². The zero-order valence-corrected chi connectivity index (χ0v) is 18.5. The van der Waals surface area contributed by atoms with E-state index in [4.69, 9.17) is 4.74 Å². The predicted octanol–water partition coefficient (Wildman–Crippen LogP) is 3.93. The van der Waals surface area contributed by atoms with Gasteiger partial charge in [-0.2, -0.15) is 0 Å². The number of fused-ring (bicyclic) bond motifs is 1. The molecule has 2 aromatic carbocycles. The molecular weight excluding hydrogens is 426 g/mol. The van der Waals surface area contributed by atoms with Gasteiger partial charge in [0.2, 0.25) is 15.9 Å². The fourth-order valence-electron chi connectivity index (χ4n) is 3.87. The maximum Gasteiger partial charge on any atom is 0.241 e. The van der Waals surface area contributed by atoms with Gasteiger partial charge in [0, 0.05) is 18.1 Å². The Hall–Kier alpha value is -2.68. The first-order valence-electron chi connectivity index (χ1n) is 10.1. The summed E-state index contributed by atoms with van der Waals surface area (Å²) >= 11 is 0. The highest BCUT2D eigenvalue weighted by Gasteiger charge is 2.39. The topological polar surface area (TPSA) is 75.7 Å². The van der Waals surface area contributed by atoms with Crippen molar-refractivity contribution in [2.75, 3.05) is 17.1 Å². The predicted molar refractivity (Wildman–Crippen MR) is 114 cm³/mol. The minimum absolute atomic E-state index is 0.386. The fraction of sp³-hybridized carbons (Fsp3) is 0.409. The second-order valence-corrected chi connectivity index (χ2v) is 9.63. The monoisotopic (exact) mass is 452 g/mol. The van der Waals surface area contributed by atoms with E-state index in [1.54, 1.807) is 0 Å². The van der Waals surface area contributed by atoms with E-state index in [1.165, 1.54) is 0 Å². The molecule has 31 heavy (non-hydrogen) atoms. The van der Waals surface area contributed by atoms with Crippen LogP contribution in [-0.2, 0) is 14.8 Å². The van der Waals surface area contributed by atoms with Crippen LogP contribution in [0.5, 0.6) is 5.75 Å². The van der Waals surface area contributed by atoms with Crippen LogP contribution in [0.3, 0.4) is 0 Å². The number of anilines is 1. The Balaban J connectivity index is 1.87. The van der Waals surface area contributed by atoms with Crippen molar-refractivity contribution in [3.63, 3.8) is 0 Å². The number of hydrogen-bond acceptors (Lipinski definition) is 4.